The normalized spacial score (nSPS) is 17.6. The van der Waals surface area contributed by atoms with E-state index in [1.807, 2.05) is 36.4 Å². The van der Waals surface area contributed by atoms with Crippen molar-refractivity contribution < 1.29 is 9.53 Å². The van der Waals surface area contributed by atoms with Gasteiger partial charge in [-0.2, -0.15) is 0 Å². The number of nitrogens with one attached hydrogen (secondary N) is 1. The molecule has 0 unspecified atom stereocenters. The maximum absolute atomic E-state index is 12.6. The van der Waals surface area contributed by atoms with Crippen molar-refractivity contribution in [2.45, 2.75) is 44.2 Å². The maximum atomic E-state index is 12.6. The number of carbonyl (C=O) groups is 1. The predicted molar refractivity (Wildman–Crippen MR) is 133 cm³/mol. The summed E-state index contributed by atoms with van der Waals surface area (Å²) >= 11 is 4.98. The third-order valence-corrected chi connectivity index (χ3v) is 7.06. The summed E-state index contributed by atoms with van der Waals surface area (Å²) in [4.78, 5) is 22.8. The van der Waals surface area contributed by atoms with Crippen LogP contribution in [0.5, 0.6) is 5.75 Å². The molecule has 0 saturated heterocycles. The molecule has 4 rings (SSSR count). The predicted octanol–water partition coefficient (Wildman–Crippen LogP) is 6.08. The Balaban J connectivity index is 1.49. The van der Waals surface area contributed by atoms with Gasteiger partial charge in [-0.25, -0.2) is 4.99 Å². The molecular formula is C24H26BrN3O2S. The first-order chi connectivity index (χ1) is 15.1. The number of methoxy groups -OCH3 is 1. The first-order valence-corrected chi connectivity index (χ1v) is 12.4. The lowest BCUT2D eigenvalue weighted by Gasteiger charge is -2.20. The lowest BCUT2D eigenvalue weighted by molar-refractivity contribution is -0.113. The van der Waals surface area contributed by atoms with E-state index in [9.17, 15) is 4.79 Å². The molecule has 1 heterocycles. The minimum atomic E-state index is -0.353. The Morgan fingerprint density at radius 2 is 1.71 bits per heavy atom. The number of aliphatic imine (C=N–C) groups is 2. The monoisotopic (exact) mass is 499 g/mol. The smallest absolute Gasteiger partial charge is 0.234 e. The van der Waals surface area contributed by atoms with Crippen LogP contribution in [0.2, 0.25) is 0 Å². The minimum absolute atomic E-state index is 0.0603. The van der Waals surface area contributed by atoms with Gasteiger partial charge in [0.15, 0.2) is 5.66 Å². The molecule has 0 radical (unpaired) electrons. The van der Waals surface area contributed by atoms with Crippen molar-refractivity contribution in [2.75, 3.05) is 18.2 Å². The molecule has 1 saturated carbocycles. The van der Waals surface area contributed by atoms with Gasteiger partial charge in [-0.15, -0.1) is 0 Å². The molecule has 0 bridgehead atoms. The van der Waals surface area contributed by atoms with E-state index in [-0.39, 0.29) is 17.3 Å². The SMILES string of the molecule is COc1ccc(NC(=O)CSC2=NC3(CCCCCC3)N=C2c2ccc(Br)cc2)cc1. The standard InChI is InChI=1S/C24H26BrN3O2S/c1-30-20-12-10-19(11-13-20)26-21(29)16-31-23-22(17-6-8-18(25)9-7-17)27-24(28-23)14-4-2-3-5-15-24/h6-13H,2-5,14-16H2,1H3,(H,26,29). The molecular weight excluding hydrogens is 474 g/mol. The Hall–Kier alpha value is -2.12. The number of hydrogen-bond acceptors (Lipinski definition) is 5. The summed E-state index contributed by atoms with van der Waals surface area (Å²) < 4.78 is 6.20. The van der Waals surface area contributed by atoms with Crippen molar-refractivity contribution >= 4 is 50.0 Å². The van der Waals surface area contributed by atoms with E-state index in [0.717, 1.165) is 57.9 Å². The fourth-order valence-corrected chi connectivity index (χ4v) is 5.08. The largest absolute Gasteiger partial charge is 0.497 e. The zero-order valence-electron chi connectivity index (χ0n) is 17.6. The third kappa shape index (κ3) is 5.57. The number of ether oxygens (including phenoxy) is 1. The molecule has 1 amide bonds. The molecule has 0 aromatic heterocycles. The van der Waals surface area contributed by atoms with Gasteiger partial charge in [0.2, 0.25) is 5.91 Å². The van der Waals surface area contributed by atoms with Crippen LogP contribution in [0.4, 0.5) is 5.69 Å². The summed E-state index contributed by atoms with van der Waals surface area (Å²) in [6.45, 7) is 0. The summed E-state index contributed by atoms with van der Waals surface area (Å²) in [5.74, 6) is 0.989. The number of hydrogen-bond donors (Lipinski definition) is 1. The molecule has 1 aliphatic heterocycles. The fraction of sp³-hybridized carbons (Fsp3) is 0.375. The van der Waals surface area contributed by atoms with Gasteiger partial charge < -0.3 is 10.1 Å². The molecule has 31 heavy (non-hydrogen) atoms. The molecule has 1 fully saturated rings. The number of amides is 1. The van der Waals surface area contributed by atoms with E-state index in [1.54, 1.807) is 7.11 Å². The van der Waals surface area contributed by atoms with Crippen molar-refractivity contribution in [1.29, 1.82) is 0 Å². The summed E-state index contributed by atoms with van der Waals surface area (Å²) in [6, 6.07) is 15.5. The van der Waals surface area contributed by atoms with Crippen molar-refractivity contribution in [3.63, 3.8) is 0 Å². The Kier molecular flexibility index (Phi) is 7.13. The molecule has 0 atom stereocenters. The van der Waals surface area contributed by atoms with Crippen molar-refractivity contribution in [3.8, 4) is 5.75 Å². The van der Waals surface area contributed by atoms with Gasteiger partial charge in [-0.3, -0.25) is 9.79 Å². The van der Waals surface area contributed by atoms with Crippen LogP contribution in [0.3, 0.4) is 0 Å². The highest BCUT2D eigenvalue weighted by Crippen LogP contribution is 2.38. The second kappa shape index (κ2) is 10.0. The van der Waals surface area contributed by atoms with E-state index in [4.69, 9.17) is 14.7 Å². The third-order valence-electron chi connectivity index (χ3n) is 5.57. The molecule has 2 aromatic carbocycles. The Morgan fingerprint density at radius 1 is 1.03 bits per heavy atom. The van der Waals surface area contributed by atoms with Gasteiger partial charge in [0, 0.05) is 15.7 Å². The van der Waals surface area contributed by atoms with Crippen LogP contribution in [0, 0.1) is 0 Å². The van der Waals surface area contributed by atoms with Crippen molar-refractivity contribution in [3.05, 3.63) is 58.6 Å². The van der Waals surface area contributed by atoms with Gasteiger partial charge >= 0.3 is 0 Å². The van der Waals surface area contributed by atoms with Crippen molar-refractivity contribution in [1.82, 2.24) is 0 Å². The lowest BCUT2D eigenvalue weighted by Crippen LogP contribution is -2.20. The number of benzene rings is 2. The maximum Gasteiger partial charge on any atom is 0.234 e. The highest BCUT2D eigenvalue weighted by atomic mass is 79.9. The van der Waals surface area contributed by atoms with E-state index < -0.39 is 0 Å². The molecule has 1 aliphatic carbocycles. The number of rotatable bonds is 5. The zero-order chi connectivity index (χ0) is 21.7. The van der Waals surface area contributed by atoms with Crippen LogP contribution in [-0.4, -0.2) is 35.2 Å². The molecule has 162 valence electrons. The minimum Gasteiger partial charge on any atom is -0.497 e. The van der Waals surface area contributed by atoms with E-state index >= 15 is 0 Å². The van der Waals surface area contributed by atoms with E-state index in [2.05, 4.69) is 33.4 Å². The highest BCUT2D eigenvalue weighted by Gasteiger charge is 2.37. The summed E-state index contributed by atoms with van der Waals surface area (Å²) in [5, 5.41) is 3.81. The molecule has 5 nitrogen and oxygen atoms in total. The molecule has 2 aliphatic rings. The summed E-state index contributed by atoms with van der Waals surface area (Å²) in [6.07, 6.45) is 6.75. The summed E-state index contributed by atoms with van der Waals surface area (Å²) in [7, 11) is 1.62. The van der Waals surface area contributed by atoms with Gasteiger partial charge in [0.05, 0.1) is 18.6 Å². The summed E-state index contributed by atoms with van der Waals surface area (Å²) in [5.41, 5.74) is 2.36. The molecule has 1 N–H and O–H groups in total. The number of halogens is 1. The lowest BCUT2D eigenvalue weighted by atomic mass is 10.0. The highest BCUT2D eigenvalue weighted by molar-refractivity contribution is 9.10. The van der Waals surface area contributed by atoms with Crippen LogP contribution in [0.15, 0.2) is 63.0 Å². The zero-order valence-corrected chi connectivity index (χ0v) is 20.0. The second-order valence-corrected chi connectivity index (χ2v) is 9.73. The van der Waals surface area contributed by atoms with Gasteiger partial charge in [0.25, 0.3) is 0 Å². The number of carbonyl (C=O) groups excluding carboxylic acids is 1. The van der Waals surface area contributed by atoms with Gasteiger partial charge in [-0.1, -0.05) is 52.7 Å². The molecule has 1 spiro atoms. The second-order valence-electron chi connectivity index (χ2n) is 7.85. The number of thioether (sulfide) groups is 1. The molecule has 7 heteroatoms. The Labute approximate surface area is 195 Å². The van der Waals surface area contributed by atoms with E-state index in [1.165, 1.54) is 24.6 Å². The molecule has 2 aromatic rings. The van der Waals surface area contributed by atoms with E-state index in [0.29, 0.717) is 0 Å². The van der Waals surface area contributed by atoms with Gasteiger partial charge in [0.1, 0.15) is 10.8 Å². The fourth-order valence-electron chi connectivity index (χ4n) is 3.94. The number of nitrogens with zero attached hydrogens (tertiary/aromatic N) is 2. The van der Waals surface area contributed by atoms with Gasteiger partial charge in [-0.05, 0) is 62.1 Å². The quantitative estimate of drug-likeness (QED) is 0.541. The topological polar surface area (TPSA) is 63.0 Å². The Bertz CT molecular complexity index is 979. The van der Waals surface area contributed by atoms with Crippen molar-refractivity contribution in [2.24, 2.45) is 9.98 Å². The van der Waals surface area contributed by atoms with Crippen LogP contribution in [0.1, 0.15) is 44.1 Å². The van der Waals surface area contributed by atoms with Crippen LogP contribution in [0.25, 0.3) is 0 Å². The average Bonchev–Trinajstić information content (AvgIpc) is 2.98. The average molecular weight is 500 g/mol. The van der Waals surface area contributed by atoms with Crippen LogP contribution < -0.4 is 10.1 Å². The number of anilines is 1. The van der Waals surface area contributed by atoms with Crippen LogP contribution >= 0.6 is 27.7 Å². The first kappa shape index (κ1) is 22.1. The van der Waals surface area contributed by atoms with Crippen LogP contribution in [-0.2, 0) is 4.79 Å². The first-order valence-electron chi connectivity index (χ1n) is 10.6. The Morgan fingerprint density at radius 3 is 2.35 bits per heavy atom.